The summed E-state index contributed by atoms with van der Waals surface area (Å²) in [6.45, 7) is 0.693. The normalized spacial score (nSPS) is 14.7. The third kappa shape index (κ3) is 4.09. The Labute approximate surface area is 107 Å². The van der Waals surface area contributed by atoms with Gasteiger partial charge in [0.1, 0.15) is 12.4 Å². The van der Waals surface area contributed by atoms with E-state index >= 15 is 0 Å². The number of carbonyl (C=O) groups is 1. The maximum Gasteiger partial charge on any atom is 0.250 e. The molecule has 1 aromatic carbocycles. The van der Waals surface area contributed by atoms with Crippen LogP contribution in [0.3, 0.4) is 0 Å². The van der Waals surface area contributed by atoms with E-state index in [9.17, 15) is 9.18 Å². The lowest BCUT2D eigenvalue weighted by Gasteiger charge is -2.07. The van der Waals surface area contributed by atoms with Crippen molar-refractivity contribution in [2.45, 2.75) is 12.8 Å². The van der Waals surface area contributed by atoms with Crippen molar-refractivity contribution in [2.24, 2.45) is 5.92 Å². The SMILES string of the molecule is O=C(COCC1CC1)Nc1ccc(F)cc1Br. The van der Waals surface area contributed by atoms with Gasteiger partial charge >= 0.3 is 0 Å². The minimum Gasteiger partial charge on any atom is -0.371 e. The second kappa shape index (κ2) is 5.60. The number of rotatable bonds is 5. The van der Waals surface area contributed by atoms with Gasteiger partial charge in [-0.1, -0.05) is 0 Å². The van der Waals surface area contributed by atoms with E-state index in [-0.39, 0.29) is 18.3 Å². The number of ether oxygens (including phenoxy) is 1. The van der Waals surface area contributed by atoms with Crippen molar-refractivity contribution in [3.63, 3.8) is 0 Å². The van der Waals surface area contributed by atoms with Gasteiger partial charge in [0, 0.05) is 4.47 Å². The van der Waals surface area contributed by atoms with E-state index in [1.165, 1.54) is 31.0 Å². The Morgan fingerprint density at radius 1 is 1.53 bits per heavy atom. The van der Waals surface area contributed by atoms with Gasteiger partial charge in [-0.2, -0.15) is 0 Å². The van der Waals surface area contributed by atoms with Gasteiger partial charge in [-0.3, -0.25) is 4.79 Å². The zero-order valence-corrected chi connectivity index (χ0v) is 10.8. The predicted octanol–water partition coefficient (Wildman–Crippen LogP) is 2.95. The molecule has 1 fully saturated rings. The van der Waals surface area contributed by atoms with Crippen LogP contribution in [0.25, 0.3) is 0 Å². The van der Waals surface area contributed by atoms with Crippen LogP contribution in [-0.4, -0.2) is 19.1 Å². The fourth-order valence-electron chi connectivity index (χ4n) is 1.38. The summed E-state index contributed by atoms with van der Waals surface area (Å²) in [4.78, 5) is 11.5. The van der Waals surface area contributed by atoms with Crippen LogP contribution in [-0.2, 0) is 9.53 Å². The molecule has 92 valence electrons. The van der Waals surface area contributed by atoms with E-state index in [1.807, 2.05) is 0 Å². The summed E-state index contributed by atoms with van der Waals surface area (Å²) in [7, 11) is 0. The van der Waals surface area contributed by atoms with Crippen molar-refractivity contribution < 1.29 is 13.9 Å². The van der Waals surface area contributed by atoms with E-state index in [0.29, 0.717) is 22.7 Å². The van der Waals surface area contributed by atoms with Crippen LogP contribution in [0.1, 0.15) is 12.8 Å². The quantitative estimate of drug-likeness (QED) is 0.908. The lowest BCUT2D eigenvalue weighted by atomic mass is 10.3. The summed E-state index contributed by atoms with van der Waals surface area (Å²) in [6, 6.07) is 4.12. The molecule has 1 N–H and O–H groups in total. The average Bonchev–Trinajstić information content (AvgIpc) is 3.06. The van der Waals surface area contributed by atoms with Crippen LogP contribution in [0.15, 0.2) is 22.7 Å². The Kier molecular flexibility index (Phi) is 4.12. The number of benzene rings is 1. The Morgan fingerprint density at radius 3 is 2.94 bits per heavy atom. The highest BCUT2D eigenvalue weighted by atomic mass is 79.9. The molecule has 0 saturated heterocycles. The summed E-state index contributed by atoms with van der Waals surface area (Å²) in [5.41, 5.74) is 0.548. The molecular weight excluding hydrogens is 289 g/mol. The smallest absolute Gasteiger partial charge is 0.250 e. The van der Waals surface area contributed by atoms with Crippen molar-refractivity contribution in [3.8, 4) is 0 Å². The fourth-order valence-corrected chi connectivity index (χ4v) is 1.83. The molecule has 1 aliphatic carbocycles. The molecule has 1 saturated carbocycles. The van der Waals surface area contributed by atoms with Gasteiger partial charge in [0.15, 0.2) is 0 Å². The molecule has 0 bridgehead atoms. The third-order valence-electron chi connectivity index (χ3n) is 2.49. The molecule has 2 rings (SSSR count). The molecular formula is C12H13BrFNO2. The van der Waals surface area contributed by atoms with Gasteiger partial charge < -0.3 is 10.1 Å². The van der Waals surface area contributed by atoms with Gasteiger partial charge in [0.2, 0.25) is 5.91 Å². The molecule has 1 aliphatic rings. The standard InChI is InChI=1S/C12H13BrFNO2/c13-10-5-9(14)3-4-11(10)15-12(16)7-17-6-8-1-2-8/h3-5,8H,1-2,6-7H2,(H,15,16). The Balaban J connectivity index is 1.79. The first kappa shape index (κ1) is 12.5. The molecule has 0 unspecified atom stereocenters. The number of nitrogens with one attached hydrogen (secondary N) is 1. The van der Waals surface area contributed by atoms with Gasteiger partial charge in [-0.15, -0.1) is 0 Å². The number of anilines is 1. The minimum absolute atomic E-state index is 0.0420. The van der Waals surface area contributed by atoms with E-state index in [0.717, 1.165) is 0 Å². The molecule has 0 heterocycles. The summed E-state index contributed by atoms with van der Waals surface area (Å²) >= 11 is 3.18. The lowest BCUT2D eigenvalue weighted by molar-refractivity contribution is -0.120. The van der Waals surface area contributed by atoms with E-state index in [4.69, 9.17) is 4.74 Å². The summed E-state index contributed by atoms with van der Waals surface area (Å²) in [5, 5.41) is 2.65. The van der Waals surface area contributed by atoms with Crippen LogP contribution < -0.4 is 5.32 Å². The first-order valence-electron chi connectivity index (χ1n) is 5.48. The summed E-state index contributed by atoms with van der Waals surface area (Å²) < 4.78 is 18.6. The molecule has 0 atom stereocenters. The fraction of sp³-hybridized carbons (Fsp3) is 0.417. The number of hydrogen-bond donors (Lipinski definition) is 1. The van der Waals surface area contributed by atoms with Gasteiger partial charge in [-0.25, -0.2) is 4.39 Å². The molecule has 1 amide bonds. The molecule has 0 aliphatic heterocycles. The van der Waals surface area contributed by atoms with Crippen molar-refractivity contribution >= 4 is 27.5 Å². The second-order valence-electron chi connectivity index (χ2n) is 4.13. The molecule has 3 nitrogen and oxygen atoms in total. The zero-order valence-electron chi connectivity index (χ0n) is 9.21. The average molecular weight is 302 g/mol. The first-order chi connectivity index (χ1) is 8.15. The molecule has 0 aromatic heterocycles. The van der Waals surface area contributed by atoms with Gasteiger partial charge in [-0.05, 0) is 52.9 Å². The lowest BCUT2D eigenvalue weighted by Crippen LogP contribution is -2.19. The number of halogens is 2. The summed E-state index contributed by atoms with van der Waals surface area (Å²) in [6.07, 6.45) is 2.40. The highest BCUT2D eigenvalue weighted by Gasteiger charge is 2.21. The molecule has 5 heteroatoms. The van der Waals surface area contributed by atoms with E-state index in [2.05, 4.69) is 21.2 Å². The molecule has 17 heavy (non-hydrogen) atoms. The minimum atomic E-state index is -0.347. The largest absolute Gasteiger partial charge is 0.371 e. The first-order valence-corrected chi connectivity index (χ1v) is 6.27. The van der Waals surface area contributed by atoms with Crippen LogP contribution in [0.5, 0.6) is 0 Å². The number of amides is 1. The Hall–Kier alpha value is -0.940. The zero-order chi connectivity index (χ0) is 12.3. The number of carbonyl (C=O) groups excluding carboxylic acids is 1. The van der Waals surface area contributed by atoms with Crippen LogP contribution in [0.4, 0.5) is 10.1 Å². The van der Waals surface area contributed by atoms with Crippen molar-refractivity contribution in [1.82, 2.24) is 0 Å². The number of hydrogen-bond acceptors (Lipinski definition) is 2. The highest BCUT2D eigenvalue weighted by molar-refractivity contribution is 9.10. The monoisotopic (exact) mass is 301 g/mol. The van der Waals surface area contributed by atoms with Crippen LogP contribution in [0.2, 0.25) is 0 Å². The topological polar surface area (TPSA) is 38.3 Å². The highest BCUT2D eigenvalue weighted by Crippen LogP contribution is 2.28. The molecule has 0 spiro atoms. The second-order valence-corrected chi connectivity index (χ2v) is 4.99. The maximum atomic E-state index is 12.8. The van der Waals surface area contributed by atoms with E-state index < -0.39 is 0 Å². The van der Waals surface area contributed by atoms with E-state index in [1.54, 1.807) is 0 Å². The Morgan fingerprint density at radius 2 is 2.29 bits per heavy atom. The van der Waals surface area contributed by atoms with Crippen LogP contribution in [0, 0.1) is 11.7 Å². The summed E-state index contributed by atoms with van der Waals surface area (Å²) in [5.74, 6) is 0.0678. The van der Waals surface area contributed by atoms with Gasteiger partial charge in [0.25, 0.3) is 0 Å². The third-order valence-corrected chi connectivity index (χ3v) is 3.14. The van der Waals surface area contributed by atoms with Crippen molar-refractivity contribution in [3.05, 3.63) is 28.5 Å². The molecule has 0 radical (unpaired) electrons. The maximum absolute atomic E-state index is 12.8. The predicted molar refractivity (Wildman–Crippen MR) is 66.3 cm³/mol. The molecule has 1 aromatic rings. The Bertz CT molecular complexity index is 421. The van der Waals surface area contributed by atoms with Crippen LogP contribution >= 0.6 is 15.9 Å². The van der Waals surface area contributed by atoms with Crippen molar-refractivity contribution in [1.29, 1.82) is 0 Å². The van der Waals surface area contributed by atoms with Gasteiger partial charge in [0.05, 0.1) is 12.3 Å². The van der Waals surface area contributed by atoms with Crippen molar-refractivity contribution in [2.75, 3.05) is 18.5 Å².